The molecule has 0 unspecified atom stereocenters. The zero-order chi connectivity index (χ0) is 20.7. The zero-order valence-electron chi connectivity index (χ0n) is 16.0. The normalized spacial score (nSPS) is 16.4. The summed E-state index contributed by atoms with van der Waals surface area (Å²) >= 11 is 0. The van der Waals surface area contributed by atoms with Crippen molar-refractivity contribution in [3.63, 3.8) is 0 Å². The number of hydrogen-bond donors (Lipinski definition) is 0. The minimum Gasteiger partial charge on any atom is -0.461 e. The zero-order valence-corrected chi connectivity index (χ0v) is 16.0. The Bertz CT molecular complexity index is 1180. The van der Waals surface area contributed by atoms with Crippen molar-refractivity contribution in [1.82, 2.24) is 19.3 Å². The summed E-state index contributed by atoms with van der Waals surface area (Å²) in [5.74, 6) is -1.58. The molecule has 0 amide bonds. The van der Waals surface area contributed by atoms with Gasteiger partial charge in [-0.3, -0.25) is 14.5 Å². The van der Waals surface area contributed by atoms with Crippen LogP contribution in [-0.4, -0.2) is 76.3 Å². The van der Waals surface area contributed by atoms with Gasteiger partial charge in [0.25, 0.3) is 0 Å². The van der Waals surface area contributed by atoms with Crippen molar-refractivity contribution >= 4 is 23.1 Å². The Kier molecular flexibility index (Phi) is 4.61. The third kappa shape index (κ3) is 2.90. The molecule has 1 saturated heterocycles. The van der Waals surface area contributed by atoms with E-state index >= 15 is 0 Å². The van der Waals surface area contributed by atoms with Crippen LogP contribution in [0, 0.1) is 0 Å². The van der Waals surface area contributed by atoms with Crippen LogP contribution in [0.5, 0.6) is 0 Å². The Morgan fingerprint density at radius 1 is 1.07 bits per heavy atom. The van der Waals surface area contributed by atoms with Gasteiger partial charge < -0.3 is 13.9 Å². The lowest BCUT2D eigenvalue weighted by atomic mass is 9.92. The number of morpholine rings is 1. The second-order valence-corrected chi connectivity index (χ2v) is 7.06. The predicted octanol–water partition coefficient (Wildman–Crippen LogP) is 0.994. The van der Waals surface area contributed by atoms with Crippen LogP contribution in [0.4, 0.5) is 0 Å². The summed E-state index contributed by atoms with van der Waals surface area (Å²) < 4.78 is 12.4. The molecule has 9 heteroatoms. The van der Waals surface area contributed by atoms with E-state index in [1.165, 1.54) is 12.4 Å². The van der Waals surface area contributed by atoms with E-state index in [-0.39, 0.29) is 34.8 Å². The van der Waals surface area contributed by atoms with Crippen molar-refractivity contribution in [2.45, 2.75) is 0 Å². The summed E-state index contributed by atoms with van der Waals surface area (Å²) in [6, 6.07) is 5.15. The lowest BCUT2D eigenvalue weighted by Crippen LogP contribution is -2.38. The summed E-state index contributed by atoms with van der Waals surface area (Å²) in [7, 11) is 0. The molecule has 152 valence electrons. The van der Waals surface area contributed by atoms with E-state index in [4.69, 9.17) is 9.47 Å². The number of ketones is 2. The molecule has 30 heavy (non-hydrogen) atoms. The van der Waals surface area contributed by atoms with Gasteiger partial charge in [0.15, 0.2) is 0 Å². The second-order valence-electron chi connectivity index (χ2n) is 7.06. The molecule has 0 N–H and O–H groups in total. The third-order valence-electron chi connectivity index (χ3n) is 5.36. The molecule has 0 atom stereocenters. The fourth-order valence-electron chi connectivity index (χ4n) is 3.92. The van der Waals surface area contributed by atoms with Crippen LogP contribution in [0.2, 0.25) is 0 Å². The van der Waals surface area contributed by atoms with Crippen LogP contribution >= 0.6 is 0 Å². The van der Waals surface area contributed by atoms with Crippen LogP contribution in [0.1, 0.15) is 42.6 Å². The van der Waals surface area contributed by atoms with Crippen molar-refractivity contribution < 1.29 is 23.9 Å². The van der Waals surface area contributed by atoms with Gasteiger partial charge in [-0.2, -0.15) is 0 Å². The maximum atomic E-state index is 13.2. The third-order valence-corrected chi connectivity index (χ3v) is 5.36. The summed E-state index contributed by atoms with van der Waals surface area (Å²) in [4.78, 5) is 49.5. The van der Waals surface area contributed by atoms with Crippen LogP contribution in [0.25, 0.3) is 5.52 Å². The average Bonchev–Trinajstić information content (AvgIpc) is 3.14. The fraction of sp³-hybridized carbons (Fsp3) is 0.286. The molecule has 9 nitrogen and oxygen atoms in total. The van der Waals surface area contributed by atoms with E-state index in [9.17, 15) is 14.4 Å². The van der Waals surface area contributed by atoms with Gasteiger partial charge >= 0.3 is 5.97 Å². The monoisotopic (exact) mass is 406 g/mol. The highest BCUT2D eigenvalue weighted by Gasteiger charge is 2.40. The molecule has 0 saturated carbocycles. The van der Waals surface area contributed by atoms with Crippen LogP contribution < -0.4 is 0 Å². The van der Waals surface area contributed by atoms with Crippen LogP contribution in [0.15, 0.2) is 36.8 Å². The van der Waals surface area contributed by atoms with E-state index < -0.39 is 17.5 Å². The van der Waals surface area contributed by atoms with E-state index in [2.05, 4.69) is 14.9 Å². The number of nitrogens with zero attached hydrogens (tertiary/aromatic N) is 4. The average molecular weight is 406 g/mol. The second kappa shape index (κ2) is 7.43. The molecular weight excluding hydrogens is 388 g/mol. The van der Waals surface area contributed by atoms with E-state index in [1.54, 1.807) is 28.8 Å². The number of hydrogen-bond acceptors (Lipinski definition) is 8. The van der Waals surface area contributed by atoms with Gasteiger partial charge in [-0.05, 0) is 12.1 Å². The number of aromatic nitrogens is 3. The summed E-state index contributed by atoms with van der Waals surface area (Å²) in [5, 5.41) is 0. The molecule has 1 fully saturated rings. The Morgan fingerprint density at radius 3 is 2.57 bits per heavy atom. The number of carbonyl (C=O) groups excluding carboxylic acids is 3. The molecule has 3 aromatic rings. The molecular formula is C21H18N4O5. The summed E-state index contributed by atoms with van der Waals surface area (Å²) in [6.45, 7) is 3.63. The molecule has 1 aliphatic heterocycles. The number of pyridine rings is 1. The van der Waals surface area contributed by atoms with Crippen molar-refractivity contribution in [1.29, 1.82) is 0 Å². The highest BCUT2D eigenvalue weighted by atomic mass is 16.5. The molecule has 5 rings (SSSR count). The SMILES string of the molecule is O=C1c2nccnc2C(=O)c2c1c(C(=O)OCCN1CCOCC1)c1ccccn21. The Morgan fingerprint density at radius 2 is 1.80 bits per heavy atom. The quantitative estimate of drug-likeness (QED) is 0.463. The number of carbonyl (C=O) groups is 3. The predicted molar refractivity (Wildman–Crippen MR) is 104 cm³/mol. The molecule has 0 aromatic carbocycles. The molecule has 3 aromatic heterocycles. The van der Waals surface area contributed by atoms with Gasteiger partial charge in [0.05, 0.1) is 29.9 Å². The standard InChI is InChI=1S/C21H18N4O5/c26-19-15-14(21(28)30-12-9-24-7-10-29-11-8-24)13-3-1-2-6-25(13)18(15)20(27)17-16(19)22-4-5-23-17/h1-6H,7-12H2. The van der Waals surface area contributed by atoms with Gasteiger partial charge in [-0.1, -0.05) is 6.07 Å². The Balaban J connectivity index is 1.52. The number of rotatable bonds is 4. The number of fused-ring (bicyclic) bond motifs is 4. The van der Waals surface area contributed by atoms with Crippen molar-refractivity contribution in [3.05, 3.63) is 65.0 Å². The molecule has 0 bridgehead atoms. The highest BCUT2D eigenvalue weighted by molar-refractivity contribution is 6.30. The first-order chi connectivity index (χ1) is 14.7. The molecule has 0 spiro atoms. The van der Waals surface area contributed by atoms with Crippen LogP contribution in [0.3, 0.4) is 0 Å². The fourth-order valence-corrected chi connectivity index (χ4v) is 3.92. The van der Waals surface area contributed by atoms with Crippen molar-refractivity contribution in [3.8, 4) is 0 Å². The summed E-state index contributed by atoms with van der Waals surface area (Å²) in [5.41, 5.74) is 0.605. The Hall–Kier alpha value is -3.43. The Labute approximate surface area is 171 Å². The highest BCUT2D eigenvalue weighted by Crippen LogP contribution is 2.32. The first-order valence-electron chi connectivity index (χ1n) is 9.67. The van der Waals surface area contributed by atoms with Gasteiger partial charge in [0.1, 0.15) is 23.7 Å². The first-order valence-corrected chi connectivity index (χ1v) is 9.67. The first kappa shape index (κ1) is 18.6. The minimum atomic E-state index is -0.637. The summed E-state index contributed by atoms with van der Waals surface area (Å²) in [6.07, 6.45) is 4.36. The maximum absolute atomic E-state index is 13.2. The van der Waals surface area contributed by atoms with Gasteiger partial charge in [0, 0.05) is 38.2 Å². The lowest BCUT2D eigenvalue weighted by molar-refractivity contribution is 0.0196. The van der Waals surface area contributed by atoms with E-state index in [0.717, 1.165) is 13.1 Å². The molecule has 2 aliphatic rings. The topological polar surface area (TPSA) is 103 Å². The lowest BCUT2D eigenvalue weighted by Gasteiger charge is -2.26. The maximum Gasteiger partial charge on any atom is 0.341 e. The van der Waals surface area contributed by atoms with Gasteiger partial charge in [0.2, 0.25) is 11.6 Å². The van der Waals surface area contributed by atoms with Crippen molar-refractivity contribution in [2.24, 2.45) is 0 Å². The van der Waals surface area contributed by atoms with Gasteiger partial charge in [-0.25, -0.2) is 14.8 Å². The smallest absolute Gasteiger partial charge is 0.341 e. The van der Waals surface area contributed by atoms with Crippen LogP contribution in [-0.2, 0) is 9.47 Å². The molecule has 1 aliphatic carbocycles. The van der Waals surface area contributed by atoms with Gasteiger partial charge in [-0.15, -0.1) is 0 Å². The molecule has 0 radical (unpaired) electrons. The minimum absolute atomic E-state index is 0.00881. The van der Waals surface area contributed by atoms with E-state index in [1.807, 2.05) is 0 Å². The van der Waals surface area contributed by atoms with Crippen molar-refractivity contribution in [2.75, 3.05) is 39.5 Å². The molecule has 4 heterocycles. The van der Waals surface area contributed by atoms with E-state index in [0.29, 0.717) is 25.3 Å². The largest absolute Gasteiger partial charge is 0.461 e. The number of ether oxygens (including phenoxy) is 2. The number of esters is 1.